The van der Waals surface area contributed by atoms with Crippen LogP contribution in [-0.2, 0) is 24.7 Å². The summed E-state index contributed by atoms with van der Waals surface area (Å²) in [6, 6.07) is -0.194. The van der Waals surface area contributed by atoms with Crippen molar-refractivity contribution >= 4 is 33.6 Å². The molecule has 2 atom stereocenters. The van der Waals surface area contributed by atoms with E-state index in [4.69, 9.17) is 0 Å². The van der Waals surface area contributed by atoms with Gasteiger partial charge in [-0.15, -0.1) is 0 Å². The summed E-state index contributed by atoms with van der Waals surface area (Å²) in [4.78, 5) is 7.29. The maximum absolute atomic E-state index is 15.5. The summed E-state index contributed by atoms with van der Waals surface area (Å²) in [6.45, 7) is 1.71. The minimum atomic E-state index is -6.28. The van der Waals surface area contributed by atoms with E-state index in [1.54, 1.807) is 0 Å². The highest BCUT2D eigenvalue weighted by molar-refractivity contribution is 8.20. The van der Waals surface area contributed by atoms with Gasteiger partial charge in [-0.25, -0.2) is 9.98 Å². The Balaban J connectivity index is 1.64. The highest BCUT2D eigenvalue weighted by Gasteiger charge is 2.85. The van der Waals surface area contributed by atoms with Crippen LogP contribution in [0.4, 0.5) is 79.0 Å². The number of allylic oxidation sites excluding steroid dienone is 2. The maximum Gasteiger partial charge on any atom is 0.416 e. The molecular formula is C29H12F18N2S2. The van der Waals surface area contributed by atoms with E-state index in [0.717, 1.165) is 13.8 Å². The monoisotopic (exact) mass is 794 g/mol. The second kappa shape index (κ2) is 10.4. The molecule has 0 saturated heterocycles. The van der Waals surface area contributed by atoms with Crippen LogP contribution in [0.3, 0.4) is 0 Å². The van der Waals surface area contributed by atoms with Crippen LogP contribution in [0.25, 0.3) is 0 Å². The molecule has 2 aromatic rings. The first kappa shape index (κ1) is 37.5. The summed E-state index contributed by atoms with van der Waals surface area (Å²) < 4.78 is 251. The third-order valence-corrected chi connectivity index (χ3v) is 11.8. The Morgan fingerprint density at radius 2 is 0.706 bits per heavy atom. The number of fused-ring (bicyclic) bond motifs is 4. The number of rotatable bonds is 2. The lowest BCUT2D eigenvalue weighted by Gasteiger charge is -2.44. The molecule has 2 aromatic carbocycles. The van der Waals surface area contributed by atoms with Gasteiger partial charge in [0.15, 0.2) is 0 Å². The van der Waals surface area contributed by atoms with Crippen molar-refractivity contribution in [2.24, 2.45) is 9.98 Å². The van der Waals surface area contributed by atoms with E-state index in [-0.39, 0.29) is 59.9 Å². The summed E-state index contributed by atoms with van der Waals surface area (Å²) in [5.74, 6) is -18.0. The summed E-state index contributed by atoms with van der Waals surface area (Å²) in [6.07, 6.45) is -21.8. The Hall–Kier alpha value is -3.30. The molecule has 2 heterocycles. The number of alkyl halides is 18. The standard InChI is InChI=1S/C29H12F18N2S2/c1-21-17(48-19(50-21)9-3-11(25(34,35)36)7-12(4-9)26(37,38)39)15-16(24(32,33)29(46,47)23(15,30)31)18-22(21,2)51-20(49-18)10-5-13(27(40,41)42)8-14(6-10)28(43,44)45/h3-8H,1-2H3. The van der Waals surface area contributed by atoms with E-state index in [0.29, 0.717) is 0 Å². The van der Waals surface area contributed by atoms with E-state index in [2.05, 4.69) is 9.98 Å². The molecule has 0 bridgehead atoms. The molecule has 0 spiro atoms. The number of benzene rings is 2. The van der Waals surface area contributed by atoms with Gasteiger partial charge in [0.05, 0.1) is 54.3 Å². The van der Waals surface area contributed by atoms with Crippen molar-refractivity contribution < 1.29 is 79.0 Å². The quantitative estimate of drug-likeness (QED) is 0.283. The van der Waals surface area contributed by atoms with Crippen LogP contribution in [0.15, 0.2) is 68.9 Å². The number of hydrogen-bond donors (Lipinski definition) is 0. The van der Waals surface area contributed by atoms with Crippen molar-refractivity contribution in [1.82, 2.24) is 0 Å². The SMILES string of the molecule is CC12SC(c3cc(C(F)(F)F)cc(C(F)(F)F)c3)=NC1=C1C(=C3N=C(c4cc(C(F)(F)F)cc(C(F)(F)F)c4)SC32C)C(F)(F)C(F)(F)C1(F)F. The summed E-state index contributed by atoms with van der Waals surface area (Å²) in [7, 11) is 0. The summed E-state index contributed by atoms with van der Waals surface area (Å²) in [5, 5.41) is -1.94. The number of thioether (sulfide) groups is 2. The second-order valence-corrected chi connectivity index (χ2v) is 14.7. The van der Waals surface area contributed by atoms with Crippen LogP contribution in [0.5, 0.6) is 0 Å². The van der Waals surface area contributed by atoms with Crippen LogP contribution in [0, 0.1) is 0 Å². The zero-order chi connectivity index (χ0) is 38.5. The summed E-state index contributed by atoms with van der Waals surface area (Å²) in [5.41, 5.74) is -16.9. The van der Waals surface area contributed by atoms with Gasteiger partial charge in [0.25, 0.3) is 0 Å². The zero-order valence-electron chi connectivity index (χ0n) is 24.5. The maximum atomic E-state index is 15.5. The molecule has 1 saturated carbocycles. The fraction of sp³-hybridized carbons (Fsp3) is 0.379. The van der Waals surface area contributed by atoms with E-state index in [1.807, 2.05) is 0 Å². The minimum absolute atomic E-state index is 0.0719. The second-order valence-electron chi connectivity index (χ2n) is 11.9. The predicted molar refractivity (Wildman–Crippen MR) is 147 cm³/mol. The molecule has 1 fully saturated rings. The van der Waals surface area contributed by atoms with Crippen molar-refractivity contribution in [2.75, 3.05) is 0 Å². The topological polar surface area (TPSA) is 24.7 Å². The first-order valence-electron chi connectivity index (χ1n) is 13.6. The Bertz CT molecular complexity index is 1810. The molecule has 2 aliphatic carbocycles. The van der Waals surface area contributed by atoms with Gasteiger partial charge in [-0.3, -0.25) is 0 Å². The van der Waals surface area contributed by atoms with E-state index < -0.39 is 118 Å². The minimum Gasteiger partial charge on any atom is -0.244 e. The van der Waals surface area contributed by atoms with Gasteiger partial charge in [-0.2, -0.15) is 79.0 Å². The molecular weight excluding hydrogens is 782 g/mol. The predicted octanol–water partition coefficient (Wildman–Crippen LogP) is 11.4. The third kappa shape index (κ3) is 5.22. The molecule has 2 nitrogen and oxygen atoms in total. The molecule has 2 unspecified atom stereocenters. The Kier molecular flexibility index (Phi) is 7.66. The summed E-state index contributed by atoms with van der Waals surface area (Å²) >= 11 is 0.144. The zero-order valence-corrected chi connectivity index (χ0v) is 26.1. The number of aliphatic imine (C=N–C) groups is 2. The Labute approximate surface area is 280 Å². The molecule has 0 aromatic heterocycles. The molecule has 0 N–H and O–H groups in total. The first-order valence-corrected chi connectivity index (χ1v) is 15.2. The average Bonchev–Trinajstić information content (AvgIpc) is 3.55. The molecule has 4 aliphatic rings. The van der Waals surface area contributed by atoms with Crippen molar-refractivity contribution in [3.8, 4) is 0 Å². The lowest BCUT2D eigenvalue weighted by molar-refractivity contribution is -0.258. The van der Waals surface area contributed by atoms with Crippen LogP contribution in [0.2, 0.25) is 0 Å². The fourth-order valence-electron chi connectivity index (χ4n) is 5.94. The van der Waals surface area contributed by atoms with Crippen molar-refractivity contribution in [2.45, 2.75) is 65.8 Å². The van der Waals surface area contributed by atoms with Crippen molar-refractivity contribution in [3.05, 3.63) is 92.3 Å². The van der Waals surface area contributed by atoms with E-state index in [1.165, 1.54) is 0 Å². The van der Waals surface area contributed by atoms with E-state index in [9.17, 15) is 61.5 Å². The van der Waals surface area contributed by atoms with Gasteiger partial charge in [0.2, 0.25) is 0 Å². The molecule has 51 heavy (non-hydrogen) atoms. The van der Waals surface area contributed by atoms with E-state index >= 15 is 17.6 Å². The highest BCUT2D eigenvalue weighted by Crippen LogP contribution is 2.73. The number of hydrogen-bond acceptors (Lipinski definition) is 4. The van der Waals surface area contributed by atoms with Gasteiger partial charge in [-0.1, -0.05) is 23.5 Å². The Morgan fingerprint density at radius 1 is 0.451 bits per heavy atom. The normalized spacial score (nSPS) is 27.0. The van der Waals surface area contributed by atoms with Crippen LogP contribution in [-0.4, -0.2) is 37.3 Å². The molecule has 6 rings (SSSR count). The van der Waals surface area contributed by atoms with Crippen LogP contribution < -0.4 is 0 Å². The average molecular weight is 795 g/mol. The first-order chi connectivity index (χ1) is 22.8. The fourth-order valence-corrected chi connectivity index (χ4v) is 8.78. The lowest BCUT2D eigenvalue weighted by Crippen LogP contribution is -2.49. The lowest BCUT2D eigenvalue weighted by atomic mass is 9.77. The molecule has 0 radical (unpaired) electrons. The van der Waals surface area contributed by atoms with Crippen LogP contribution >= 0.6 is 23.5 Å². The molecule has 276 valence electrons. The van der Waals surface area contributed by atoms with Crippen molar-refractivity contribution in [1.29, 1.82) is 0 Å². The van der Waals surface area contributed by atoms with Crippen molar-refractivity contribution in [3.63, 3.8) is 0 Å². The number of halogens is 18. The van der Waals surface area contributed by atoms with Gasteiger partial charge >= 0.3 is 42.5 Å². The van der Waals surface area contributed by atoms with Crippen LogP contribution in [0.1, 0.15) is 47.2 Å². The third-order valence-electron chi connectivity index (χ3n) is 8.65. The molecule has 22 heteroatoms. The highest BCUT2D eigenvalue weighted by atomic mass is 32.2. The van der Waals surface area contributed by atoms with Gasteiger partial charge in [0, 0.05) is 11.1 Å². The largest absolute Gasteiger partial charge is 0.416 e. The Morgan fingerprint density at radius 3 is 0.941 bits per heavy atom. The molecule has 0 amide bonds. The number of nitrogens with zero attached hydrogens (tertiary/aromatic N) is 2. The van der Waals surface area contributed by atoms with Gasteiger partial charge in [0.1, 0.15) is 10.1 Å². The smallest absolute Gasteiger partial charge is 0.244 e. The molecule has 2 aliphatic heterocycles. The van der Waals surface area contributed by atoms with Gasteiger partial charge < -0.3 is 0 Å². The van der Waals surface area contributed by atoms with Gasteiger partial charge in [-0.05, 0) is 50.2 Å².